The lowest BCUT2D eigenvalue weighted by Crippen LogP contribution is -1.91. The van der Waals surface area contributed by atoms with E-state index in [1.165, 1.54) is 24.3 Å². The number of fused-ring (bicyclic) bond motifs is 1. The predicted octanol–water partition coefficient (Wildman–Crippen LogP) is 2.53. The summed E-state index contributed by atoms with van der Waals surface area (Å²) < 4.78 is 4.99. The highest BCUT2D eigenvalue weighted by Crippen LogP contribution is 2.24. The highest BCUT2D eigenvalue weighted by atomic mass is 16.4. The van der Waals surface area contributed by atoms with E-state index in [2.05, 4.69) is 5.18 Å². The first kappa shape index (κ1) is 8.43. The van der Waals surface area contributed by atoms with Crippen molar-refractivity contribution in [2.45, 2.75) is 0 Å². The van der Waals surface area contributed by atoms with Crippen LogP contribution in [0.2, 0.25) is 0 Å². The maximum atomic E-state index is 10.5. The van der Waals surface area contributed by atoms with Gasteiger partial charge in [0.25, 0.3) is 0 Å². The smallest absolute Gasteiger partial charge is 0.371 e. The van der Waals surface area contributed by atoms with Gasteiger partial charge in [0.2, 0.25) is 5.76 Å². The standard InChI is InChI=1S/C9H5NO4/c11-9(12)8-4-5-3-6(10-13)1-2-7(5)14-8/h1-4H,(H,11,12). The molecule has 1 aromatic heterocycles. The fraction of sp³-hybridized carbons (Fsp3) is 0. The Morgan fingerprint density at radius 2 is 2.14 bits per heavy atom. The Morgan fingerprint density at radius 1 is 1.36 bits per heavy atom. The molecule has 2 aromatic rings. The number of hydrogen-bond acceptors (Lipinski definition) is 4. The Hall–Kier alpha value is -2.17. The lowest BCUT2D eigenvalue weighted by Gasteiger charge is -1.87. The lowest BCUT2D eigenvalue weighted by atomic mass is 10.2. The Labute approximate surface area is 77.9 Å². The molecule has 0 bridgehead atoms. The highest BCUT2D eigenvalue weighted by Gasteiger charge is 2.10. The third-order valence-electron chi connectivity index (χ3n) is 1.82. The van der Waals surface area contributed by atoms with Crippen molar-refractivity contribution >= 4 is 22.6 Å². The van der Waals surface area contributed by atoms with E-state index >= 15 is 0 Å². The Bertz CT molecular complexity index is 515. The first-order valence-electron chi connectivity index (χ1n) is 3.81. The van der Waals surface area contributed by atoms with E-state index in [1.807, 2.05) is 0 Å². The Kier molecular flexibility index (Phi) is 1.78. The van der Waals surface area contributed by atoms with E-state index < -0.39 is 5.97 Å². The lowest BCUT2D eigenvalue weighted by molar-refractivity contribution is 0.0665. The molecule has 1 N–H and O–H groups in total. The molecule has 1 heterocycles. The van der Waals surface area contributed by atoms with Gasteiger partial charge in [-0.3, -0.25) is 0 Å². The molecule has 14 heavy (non-hydrogen) atoms. The van der Waals surface area contributed by atoms with Gasteiger partial charge < -0.3 is 9.52 Å². The maximum absolute atomic E-state index is 10.5. The molecule has 5 nitrogen and oxygen atoms in total. The summed E-state index contributed by atoms with van der Waals surface area (Å²) in [5.74, 6) is -1.29. The van der Waals surface area contributed by atoms with Gasteiger partial charge >= 0.3 is 5.97 Å². The number of nitrogens with zero attached hydrogens (tertiary/aromatic N) is 1. The second kappa shape index (κ2) is 2.95. The summed E-state index contributed by atoms with van der Waals surface area (Å²) in [6.45, 7) is 0. The van der Waals surface area contributed by atoms with Gasteiger partial charge in [-0.2, -0.15) is 0 Å². The number of hydrogen-bond donors (Lipinski definition) is 1. The molecule has 5 heteroatoms. The monoisotopic (exact) mass is 191 g/mol. The molecule has 70 valence electrons. The first-order chi connectivity index (χ1) is 6.70. The maximum Gasteiger partial charge on any atom is 0.371 e. The van der Waals surface area contributed by atoms with E-state index in [9.17, 15) is 9.70 Å². The zero-order valence-electron chi connectivity index (χ0n) is 6.93. The van der Waals surface area contributed by atoms with Crippen molar-refractivity contribution in [2.75, 3.05) is 0 Å². The van der Waals surface area contributed by atoms with Crippen molar-refractivity contribution in [3.05, 3.63) is 34.9 Å². The molecule has 0 saturated carbocycles. The molecule has 1 aromatic carbocycles. The quantitative estimate of drug-likeness (QED) is 0.739. The number of furan rings is 1. The second-order valence-electron chi connectivity index (χ2n) is 2.73. The largest absolute Gasteiger partial charge is 0.475 e. The van der Waals surface area contributed by atoms with Gasteiger partial charge in [-0.05, 0) is 29.4 Å². The normalized spacial score (nSPS) is 10.3. The summed E-state index contributed by atoms with van der Waals surface area (Å²) in [6.07, 6.45) is 0. The number of nitroso groups, excluding NO2 is 1. The zero-order chi connectivity index (χ0) is 10.1. The summed E-state index contributed by atoms with van der Waals surface area (Å²) >= 11 is 0. The Balaban J connectivity index is 2.65. The van der Waals surface area contributed by atoms with E-state index in [0.717, 1.165) is 0 Å². The summed E-state index contributed by atoms with van der Waals surface area (Å²) in [6, 6.07) is 5.80. The van der Waals surface area contributed by atoms with Crippen LogP contribution in [0.15, 0.2) is 33.9 Å². The third-order valence-corrected chi connectivity index (χ3v) is 1.82. The predicted molar refractivity (Wildman–Crippen MR) is 48.6 cm³/mol. The van der Waals surface area contributed by atoms with Crippen LogP contribution in [0.1, 0.15) is 10.6 Å². The van der Waals surface area contributed by atoms with Crippen molar-refractivity contribution < 1.29 is 14.3 Å². The average Bonchev–Trinajstić information content (AvgIpc) is 2.59. The molecular formula is C9H5NO4. The molecule has 0 aliphatic rings. The van der Waals surface area contributed by atoms with Crippen molar-refractivity contribution in [2.24, 2.45) is 5.18 Å². The van der Waals surface area contributed by atoms with Crippen LogP contribution in [0.4, 0.5) is 5.69 Å². The van der Waals surface area contributed by atoms with Crippen LogP contribution in [-0.4, -0.2) is 11.1 Å². The zero-order valence-corrected chi connectivity index (χ0v) is 6.93. The molecule has 2 rings (SSSR count). The van der Waals surface area contributed by atoms with Crippen molar-refractivity contribution in [3.63, 3.8) is 0 Å². The molecular weight excluding hydrogens is 186 g/mol. The van der Waals surface area contributed by atoms with Crippen molar-refractivity contribution in [3.8, 4) is 0 Å². The van der Waals surface area contributed by atoms with Gasteiger partial charge in [-0.25, -0.2) is 4.79 Å². The summed E-state index contributed by atoms with van der Waals surface area (Å²) in [5.41, 5.74) is 0.671. The van der Waals surface area contributed by atoms with Gasteiger partial charge in [0.1, 0.15) is 11.3 Å². The van der Waals surface area contributed by atoms with Gasteiger partial charge in [-0.1, -0.05) is 0 Å². The Morgan fingerprint density at radius 3 is 2.79 bits per heavy atom. The van der Waals surface area contributed by atoms with Gasteiger partial charge in [0, 0.05) is 5.39 Å². The molecule has 0 saturated heterocycles. The number of rotatable bonds is 2. The third kappa shape index (κ3) is 1.24. The molecule has 0 atom stereocenters. The van der Waals surface area contributed by atoms with E-state index in [1.54, 1.807) is 0 Å². The minimum atomic E-state index is -1.14. The van der Waals surface area contributed by atoms with Crippen molar-refractivity contribution in [1.29, 1.82) is 0 Å². The van der Waals surface area contributed by atoms with Crippen LogP contribution >= 0.6 is 0 Å². The van der Waals surface area contributed by atoms with Gasteiger partial charge in [-0.15, -0.1) is 4.91 Å². The average molecular weight is 191 g/mol. The van der Waals surface area contributed by atoms with Crippen molar-refractivity contribution in [1.82, 2.24) is 0 Å². The van der Waals surface area contributed by atoms with Gasteiger partial charge in [0.05, 0.1) is 0 Å². The van der Waals surface area contributed by atoms with Crippen LogP contribution in [0.3, 0.4) is 0 Å². The molecule has 0 aliphatic carbocycles. The van der Waals surface area contributed by atoms with Crippen LogP contribution in [-0.2, 0) is 0 Å². The second-order valence-corrected chi connectivity index (χ2v) is 2.73. The fourth-order valence-electron chi connectivity index (χ4n) is 1.19. The summed E-state index contributed by atoms with van der Waals surface area (Å²) in [5, 5.41) is 11.9. The number of carbonyl (C=O) groups is 1. The fourth-order valence-corrected chi connectivity index (χ4v) is 1.19. The first-order valence-corrected chi connectivity index (χ1v) is 3.81. The number of carboxylic acid groups (broad SMARTS) is 1. The van der Waals surface area contributed by atoms with Crippen LogP contribution in [0.5, 0.6) is 0 Å². The van der Waals surface area contributed by atoms with Crippen LogP contribution in [0.25, 0.3) is 11.0 Å². The van der Waals surface area contributed by atoms with Gasteiger partial charge in [0.15, 0.2) is 0 Å². The van der Waals surface area contributed by atoms with E-state index in [-0.39, 0.29) is 11.4 Å². The van der Waals surface area contributed by atoms with E-state index in [0.29, 0.717) is 11.0 Å². The minimum absolute atomic E-state index is 0.150. The van der Waals surface area contributed by atoms with Crippen LogP contribution in [0, 0.1) is 4.91 Å². The summed E-state index contributed by atoms with van der Waals surface area (Å²) in [7, 11) is 0. The molecule has 0 amide bonds. The molecule has 0 spiro atoms. The van der Waals surface area contributed by atoms with Crippen LogP contribution < -0.4 is 0 Å². The SMILES string of the molecule is O=Nc1ccc2oc(C(=O)O)cc2c1. The molecule has 0 fully saturated rings. The molecule has 0 unspecified atom stereocenters. The molecule has 0 radical (unpaired) electrons. The number of carboxylic acids is 1. The molecule has 0 aliphatic heterocycles. The minimum Gasteiger partial charge on any atom is -0.475 e. The number of aromatic carboxylic acids is 1. The summed E-state index contributed by atoms with van der Waals surface area (Å²) in [4.78, 5) is 20.7. The van der Waals surface area contributed by atoms with E-state index in [4.69, 9.17) is 9.52 Å². The highest BCUT2D eigenvalue weighted by molar-refractivity contribution is 5.92. The topological polar surface area (TPSA) is 79.9 Å². The number of benzene rings is 1.